The smallest absolute Gasteiger partial charge is 0.317 e. The summed E-state index contributed by atoms with van der Waals surface area (Å²) in [6, 6.07) is 16.5. The minimum absolute atomic E-state index is 0.0246. The number of benzene rings is 2. The molecular weight excluding hydrogens is 388 g/mol. The van der Waals surface area contributed by atoms with E-state index in [2.05, 4.69) is 47.5 Å². The highest BCUT2D eigenvalue weighted by molar-refractivity contribution is 5.94. The second-order valence-electron chi connectivity index (χ2n) is 8.58. The summed E-state index contributed by atoms with van der Waals surface area (Å²) in [5.74, 6) is 0.377. The first-order valence-corrected chi connectivity index (χ1v) is 11.2. The lowest BCUT2D eigenvalue weighted by Gasteiger charge is -2.36. The number of hydrogen-bond acceptors (Lipinski definition) is 3. The van der Waals surface area contributed by atoms with Crippen LogP contribution in [0.5, 0.6) is 0 Å². The average Bonchev–Trinajstić information content (AvgIpc) is 2.83. The van der Waals surface area contributed by atoms with E-state index >= 15 is 0 Å². The van der Waals surface area contributed by atoms with Gasteiger partial charge in [-0.1, -0.05) is 24.3 Å². The molecule has 0 unspecified atom stereocenters. The lowest BCUT2D eigenvalue weighted by atomic mass is 9.89. The number of hydrogen-bond donors (Lipinski definition) is 1. The van der Waals surface area contributed by atoms with E-state index in [0.29, 0.717) is 6.54 Å². The van der Waals surface area contributed by atoms with Crippen molar-refractivity contribution >= 4 is 17.6 Å². The molecule has 2 aromatic rings. The maximum absolute atomic E-state index is 13.2. The molecule has 1 N–H and O–H groups in total. The Kier molecular flexibility index (Phi) is 6.44. The van der Waals surface area contributed by atoms with Crippen LogP contribution in [0.4, 0.5) is 10.5 Å². The molecule has 0 spiro atoms. The zero-order chi connectivity index (χ0) is 21.8. The number of nitrogens with zero attached hydrogens (tertiary/aromatic N) is 3. The van der Waals surface area contributed by atoms with E-state index < -0.39 is 0 Å². The fraction of sp³-hybridized carbons (Fsp3) is 0.440. The van der Waals surface area contributed by atoms with Gasteiger partial charge in [-0.15, -0.1) is 0 Å². The van der Waals surface area contributed by atoms with Gasteiger partial charge in [-0.25, -0.2) is 4.79 Å². The van der Waals surface area contributed by atoms with Gasteiger partial charge < -0.3 is 20.0 Å². The summed E-state index contributed by atoms with van der Waals surface area (Å²) in [4.78, 5) is 31.4. The van der Waals surface area contributed by atoms with E-state index in [0.717, 1.165) is 56.7 Å². The van der Waals surface area contributed by atoms with Gasteiger partial charge in [-0.3, -0.25) is 4.79 Å². The molecule has 0 bridgehead atoms. The molecule has 0 aromatic heterocycles. The molecule has 3 amide bonds. The van der Waals surface area contributed by atoms with Gasteiger partial charge >= 0.3 is 6.03 Å². The third-order valence-corrected chi connectivity index (χ3v) is 6.46. The van der Waals surface area contributed by atoms with Crippen LogP contribution >= 0.6 is 0 Å². The summed E-state index contributed by atoms with van der Waals surface area (Å²) < 4.78 is 0. The number of piperidine rings is 1. The Morgan fingerprint density at radius 2 is 1.71 bits per heavy atom. The number of rotatable bonds is 3. The summed E-state index contributed by atoms with van der Waals surface area (Å²) in [5.41, 5.74) is 4.38. The fourth-order valence-corrected chi connectivity index (χ4v) is 4.69. The van der Waals surface area contributed by atoms with Gasteiger partial charge in [0, 0.05) is 63.5 Å². The Bertz CT molecular complexity index is 937. The average molecular weight is 421 g/mol. The number of amides is 3. The molecule has 2 aromatic carbocycles. The predicted molar refractivity (Wildman–Crippen MR) is 124 cm³/mol. The molecule has 6 nitrogen and oxygen atoms in total. The molecule has 31 heavy (non-hydrogen) atoms. The van der Waals surface area contributed by atoms with E-state index in [4.69, 9.17) is 0 Å². The molecule has 6 heteroatoms. The van der Waals surface area contributed by atoms with Gasteiger partial charge in [0.2, 0.25) is 0 Å². The summed E-state index contributed by atoms with van der Waals surface area (Å²) in [6.07, 6.45) is 2.03. The minimum Gasteiger partial charge on any atom is -0.368 e. The highest BCUT2D eigenvalue weighted by Crippen LogP contribution is 2.28. The van der Waals surface area contributed by atoms with Crippen molar-refractivity contribution in [1.82, 2.24) is 15.1 Å². The van der Waals surface area contributed by atoms with Crippen LogP contribution in [0.15, 0.2) is 48.5 Å². The van der Waals surface area contributed by atoms with Crippen LogP contribution in [0.1, 0.15) is 40.2 Å². The molecule has 2 fully saturated rings. The molecule has 2 aliphatic rings. The van der Waals surface area contributed by atoms with E-state index in [1.807, 2.05) is 28.0 Å². The van der Waals surface area contributed by atoms with Crippen molar-refractivity contribution in [1.29, 1.82) is 0 Å². The molecule has 2 saturated heterocycles. The Morgan fingerprint density at radius 1 is 0.935 bits per heavy atom. The molecule has 2 aliphatic heterocycles. The Balaban J connectivity index is 1.40. The van der Waals surface area contributed by atoms with Gasteiger partial charge in [-0.2, -0.15) is 0 Å². The summed E-state index contributed by atoms with van der Waals surface area (Å²) in [7, 11) is 1.67. The first kappa shape index (κ1) is 21.2. The van der Waals surface area contributed by atoms with Crippen molar-refractivity contribution in [2.24, 2.45) is 0 Å². The number of aryl methyl sites for hydroxylation is 1. The second-order valence-corrected chi connectivity index (χ2v) is 8.58. The van der Waals surface area contributed by atoms with Gasteiger partial charge in [0.25, 0.3) is 5.91 Å². The number of carbonyl (C=O) groups is 2. The van der Waals surface area contributed by atoms with E-state index in [1.54, 1.807) is 7.05 Å². The lowest BCUT2D eigenvalue weighted by molar-refractivity contribution is 0.0746. The number of anilines is 1. The number of likely N-dealkylation sites (tertiary alicyclic amines) is 1. The van der Waals surface area contributed by atoms with Gasteiger partial charge in [0.1, 0.15) is 0 Å². The van der Waals surface area contributed by atoms with Crippen LogP contribution in [0.3, 0.4) is 0 Å². The topological polar surface area (TPSA) is 55.9 Å². The zero-order valence-corrected chi connectivity index (χ0v) is 18.5. The van der Waals surface area contributed by atoms with Crippen LogP contribution in [-0.2, 0) is 0 Å². The summed E-state index contributed by atoms with van der Waals surface area (Å²) >= 11 is 0. The molecule has 0 aliphatic carbocycles. The predicted octanol–water partition coefficient (Wildman–Crippen LogP) is 3.48. The van der Waals surface area contributed by atoms with E-state index in [1.165, 1.54) is 11.3 Å². The highest BCUT2D eigenvalue weighted by atomic mass is 16.2. The molecule has 4 rings (SSSR count). The maximum atomic E-state index is 13.2. The van der Waals surface area contributed by atoms with Crippen LogP contribution in [0, 0.1) is 6.92 Å². The van der Waals surface area contributed by atoms with Crippen molar-refractivity contribution in [3.8, 4) is 0 Å². The van der Waals surface area contributed by atoms with Crippen LogP contribution in [0.2, 0.25) is 0 Å². The van der Waals surface area contributed by atoms with Gasteiger partial charge in [0.15, 0.2) is 0 Å². The molecule has 0 saturated carbocycles. The largest absolute Gasteiger partial charge is 0.368 e. The quantitative estimate of drug-likeness (QED) is 0.827. The van der Waals surface area contributed by atoms with Crippen molar-refractivity contribution < 1.29 is 9.59 Å². The number of carbonyl (C=O) groups excluding carboxylic acids is 2. The standard InChI is InChI=1S/C25H32N4O2/c1-19-6-3-10-23(16-19)27-12-14-28(15-13-27)24(30)21-8-4-7-20(17-21)22-9-5-11-29(18-22)25(31)26-2/h3-4,6-8,10,16-17,22H,5,9,11-15,18H2,1-2H3,(H,26,31)/t22-/m1/s1. The molecule has 1 atom stereocenters. The van der Waals surface area contributed by atoms with Crippen molar-refractivity contribution in [2.45, 2.75) is 25.7 Å². The van der Waals surface area contributed by atoms with Crippen molar-refractivity contribution in [2.75, 3.05) is 51.2 Å². The first-order chi connectivity index (χ1) is 15.0. The van der Waals surface area contributed by atoms with E-state index in [-0.39, 0.29) is 17.9 Å². The Labute approximate surface area is 184 Å². The minimum atomic E-state index is -0.0246. The van der Waals surface area contributed by atoms with Gasteiger partial charge in [0.05, 0.1) is 0 Å². The monoisotopic (exact) mass is 420 g/mol. The molecular formula is C25H32N4O2. The SMILES string of the molecule is CNC(=O)N1CCC[C@@H](c2cccc(C(=O)N3CCN(c4cccc(C)c4)CC3)c2)C1. The third-order valence-electron chi connectivity index (χ3n) is 6.46. The molecule has 0 radical (unpaired) electrons. The highest BCUT2D eigenvalue weighted by Gasteiger charge is 2.26. The number of piperazine rings is 1. The molecule has 164 valence electrons. The summed E-state index contributed by atoms with van der Waals surface area (Å²) in [5, 5.41) is 2.72. The number of nitrogens with one attached hydrogen (secondary N) is 1. The summed E-state index contributed by atoms with van der Waals surface area (Å²) in [6.45, 7) is 6.75. The van der Waals surface area contributed by atoms with Crippen molar-refractivity contribution in [3.63, 3.8) is 0 Å². The first-order valence-electron chi connectivity index (χ1n) is 11.2. The van der Waals surface area contributed by atoms with Gasteiger partial charge in [-0.05, 0) is 55.2 Å². The lowest BCUT2D eigenvalue weighted by Crippen LogP contribution is -2.48. The Hall–Kier alpha value is -3.02. The zero-order valence-electron chi connectivity index (χ0n) is 18.5. The second kappa shape index (κ2) is 9.41. The normalized spacial score (nSPS) is 19.3. The number of urea groups is 1. The van der Waals surface area contributed by atoms with E-state index in [9.17, 15) is 9.59 Å². The molecule has 2 heterocycles. The van der Waals surface area contributed by atoms with Crippen molar-refractivity contribution in [3.05, 3.63) is 65.2 Å². The van der Waals surface area contributed by atoms with Crippen LogP contribution in [-0.4, -0.2) is 68.1 Å². The maximum Gasteiger partial charge on any atom is 0.317 e. The fourth-order valence-electron chi connectivity index (χ4n) is 4.69. The van der Waals surface area contributed by atoms with Crippen LogP contribution in [0.25, 0.3) is 0 Å². The third kappa shape index (κ3) is 4.84. The van der Waals surface area contributed by atoms with Crippen LogP contribution < -0.4 is 10.2 Å². The Morgan fingerprint density at radius 3 is 2.45 bits per heavy atom.